The number of hydrogen-bond acceptors (Lipinski definition) is 2. The van der Waals surface area contributed by atoms with Gasteiger partial charge in [-0.2, -0.15) is 0 Å². The lowest BCUT2D eigenvalue weighted by Gasteiger charge is -2.17. The van der Waals surface area contributed by atoms with Gasteiger partial charge in [0, 0.05) is 12.0 Å². The van der Waals surface area contributed by atoms with Gasteiger partial charge in [0.25, 0.3) is 0 Å². The van der Waals surface area contributed by atoms with E-state index in [4.69, 9.17) is 4.74 Å². The zero-order valence-electron chi connectivity index (χ0n) is 8.57. The Labute approximate surface area is 88.4 Å². The van der Waals surface area contributed by atoms with Crippen molar-refractivity contribution in [3.8, 4) is 0 Å². The molecule has 0 saturated carbocycles. The van der Waals surface area contributed by atoms with Gasteiger partial charge >= 0.3 is 0 Å². The topological polar surface area (TPSA) is 21.3 Å². The summed E-state index contributed by atoms with van der Waals surface area (Å²) in [6.45, 7) is 7.39. The van der Waals surface area contributed by atoms with Crippen LogP contribution in [0.2, 0.25) is 0 Å². The lowest BCUT2D eigenvalue weighted by molar-refractivity contribution is 0.187. The highest BCUT2D eigenvalue weighted by atomic mass is 31.0. The fourth-order valence-corrected chi connectivity index (χ4v) is 1.93. The van der Waals surface area contributed by atoms with E-state index in [2.05, 4.69) is 27.1 Å². The molecule has 1 saturated heterocycles. The molecule has 14 heavy (non-hydrogen) atoms. The fraction of sp³-hybridized carbons (Fsp3) is 0.455. The monoisotopic (exact) mass is 211 g/mol. The minimum atomic E-state index is 0.384. The summed E-state index contributed by atoms with van der Waals surface area (Å²) in [6, 6.07) is 0.384. The first kappa shape index (κ1) is 11.6. The number of rotatable bonds is 4. The maximum atomic E-state index is 5.43. The van der Waals surface area contributed by atoms with Crippen molar-refractivity contribution in [2.24, 2.45) is 5.92 Å². The van der Waals surface area contributed by atoms with Crippen LogP contribution in [0.25, 0.3) is 0 Å². The number of ether oxygens (including phenoxy) is 1. The largest absolute Gasteiger partial charge is 0.379 e. The molecule has 0 aliphatic carbocycles. The highest BCUT2D eigenvalue weighted by Crippen LogP contribution is 2.23. The number of allylic oxidation sites excluding steroid dienone is 4. The maximum absolute atomic E-state index is 5.43. The molecule has 3 heteroatoms. The van der Waals surface area contributed by atoms with Crippen molar-refractivity contribution in [3.63, 3.8) is 0 Å². The van der Waals surface area contributed by atoms with Gasteiger partial charge in [-0.25, -0.2) is 0 Å². The van der Waals surface area contributed by atoms with E-state index < -0.39 is 0 Å². The van der Waals surface area contributed by atoms with Crippen LogP contribution in [-0.2, 0) is 4.74 Å². The molecule has 0 aromatic carbocycles. The molecule has 0 bridgehead atoms. The van der Waals surface area contributed by atoms with Crippen LogP contribution >= 0.6 is 9.39 Å². The smallest absolute Gasteiger partial charge is 0.0629 e. The molecule has 1 rings (SSSR count). The minimum absolute atomic E-state index is 0.384. The molecule has 0 amide bonds. The Morgan fingerprint density at radius 3 is 2.93 bits per heavy atom. The summed E-state index contributed by atoms with van der Waals surface area (Å²) in [6.07, 6.45) is 8.06. The Morgan fingerprint density at radius 2 is 2.36 bits per heavy atom. The molecule has 1 aliphatic heterocycles. The number of hydrogen-bond donors (Lipinski definition) is 1. The zero-order chi connectivity index (χ0) is 10.4. The molecule has 1 fully saturated rings. The quantitative estimate of drug-likeness (QED) is 0.567. The molecule has 0 spiro atoms. The second-order valence-electron chi connectivity index (χ2n) is 3.31. The van der Waals surface area contributed by atoms with E-state index in [1.54, 1.807) is 0 Å². The average molecular weight is 211 g/mol. The van der Waals surface area contributed by atoms with Gasteiger partial charge in [-0.05, 0) is 12.5 Å². The van der Waals surface area contributed by atoms with Crippen LogP contribution in [0.15, 0.2) is 36.5 Å². The standard InChI is InChI=1S/C11H18NOP/c1-3-5-6-9(4-2)10-7-13-8-11(10)12-14/h3-6,10-12H,2,7-8,14H2,1H3/b5-3-,9-6+. The van der Waals surface area contributed by atoms with Crippen LogP contribution in [-0.4, -0.2) is 19.3 Å². The van der Waals surface area contributed by atoms with Crippen LogP contribution in [0, 0.1) is 5.92 Å². The third-order valence-electron chi connectivity index (χ3n) is 2.44. The van der Waals surface area contributed by atoms with Gasteiger partial charge in [-0.1, -0.05) is 40.3 Å². The highest BCUT2D eigenvalue weighted by Gasteiger charge is 2.28. The molecule has 0 radical (unpaired) electrons. The Kier molecular flexibility index (Phi) is 5.10. The summed E-state index contributed by atoms with van der Waals surface area (Å²) in [7, 11) is 2.55. The average Bonchev–Trinajstić information content (AvgIpc) is 2.67. The van der Waals surface area contributed by atoms with Crippen LogP contribution < -0.4 is 5.09 Å². The lowest BCUT2D eigenvalue weighted by Crippen LogP contribution is -2.29. The van der Waals surface area contributed by atoms with Gasteiger partial charge in [-0.15, -0.1) is 0 Å². The fourth-order valence-electron chi connectivity index (χ4n) is 1.60. The molecular weight excluding hydrogens is 193 g/mol. The summed E-state index contributed by atoms with van der Waals surface area (Å²) in [5.41, 5.74) is 1.24. The van der Waals surface area contributed by atoms with Crippen molar-refractivity contribution in [1.82, 2.24) is 5.09 Å². The van der Waals surface area contributed by atoms with E-state index in [0.29, 0.717) is 12.0 Å². The maximum Gasteiger partial charge on any atom is 0.0629 e. The van der Waals surface area contributed by atoms with Crippen molar-refractivity contribution in [3.05, 3.63) is 36.5 Å². The van der Waals surface area contributed by atoms with E-state index in [1.165, 1.54) is 5.57 Å². The van der Waals surface area contributed by atoms with Crippen LogP contribution in [0.1, 0.15) is 6.92 Å². The predicted octanol–water partition coefficient (Wildman–Crippen LogP) is 2.07. The molecule has 3 unspecified atom stereocenters. The lowest BCUT2D eigenvalue weighted by atomic mass is 9.94. The summed E-state index contributed by atoms with van der Waals surface area (Å²) in [4.78, 5) is 0. The normalized spacial score (nSPS) is 28.6. The van der Waals surface area contributed by atoms with Gasteiger partial charge in [0.15, 0.2) is 0 Å². The van der Waals surface area contributed by atoms with Crippen LogP contribution in [0.5, 0.6) is 0 Å². The van der Waals surface area contributed by atoms with Gasteiger partial charge in [0.2, 0.25) is 0 Å². The van der Waals surface area contributed by atoms with Crippen molar-refractivity contribution in [2.45, 2.75) is 13.0 Å². The van der Waals surface area contributed by atoms with E-state index >= 15 is 0 Å². The molecule has 78 valence electrons. The molecule has 0 aromatic heterocycles. The third kappa shape index (κ3) is 2.78. The molecule has 1 aliphatic rings. The van der Waals surface area contributed by atoms with E-state index in [-0.39, 0.29) is 0 Å². The van der Waals surface area contributed by atoms with E-state index in [9.17, 15) is 0 Å². The van der Waals surface area contributed by atoms with Crippen molar-refractivity contribution in [2.75, 3.05) is 13.2 Å². The first-order chi connectivity index (χ1) is 6.83. The second-order valence-corrected chi connectivity index (χ2v) is 3.65. The Morgan fingerprint density at radius 1 is 1.57 bits per heavy atom. The van der Waals surface area contributed by atoms with Gasteiger partial charge in [-0.3, -0.25) is 5.09 Å². The summed E-state index contributed by atoms with van der Waals surface area (Å²) in [5, 5.41) is 3.18. The Balaban J connectivity index is 2.73. The number of nitrogens with one attached hydrogen (secondary N) is 1. The van der Waals surface area contributed by atoms with Gasteiger partial charge in [0.05, 0.1) is 13.2 Å². The molecule has 1 N–H and O–H groups in total. The molecule has 2 nitrogen and oxygen atoms in total. The van der Waals surface area contributed by atoms with Crippen molar-refractivity contribution < 1.29 is 4.74 Å². The zero-order valence-corrected chi connectivity index (χ0v) is 9.73. The Bertz CT molecular complexity index is 248. The molecule has 0 aromatic rings. The van der Waals surface area contributed by atoms with E-state index in [0.717, 1.165) is 13.2 Å². The molecular formula is C11H18NOP. The van der Waals surface area contributed by atoms with Crippen molar-refractivity contribution in [1.29, 1.82) is 0 Å². The van der Waals surface area contributed by atoms with Crippen LogP contribution in [0.4, 0.5) is 0 Å². The molecule has 1 heterocycles. The summed E-state index contributed by atoms with van der Waals surface area (Å²) < 4.78 is 5.43. The summed E-state index contributed by atoms with van der Waals surface area (Å²) >= 11 is 0. The first-order valence-electron chi connectivity index (χ1n) is 4.82. The van der Waals surface area contributed by atoms with Gasteiger partial charge < -0.3 is 4.74 Å². The van der Waals surface area contributed by atoms with Gasteiger partial charge in [0.1, 0.15) is 0 Å². The van der Waals surface area contributed by atoms with E-state index in [1.807, 2.05) is 25.2 Å². The van der Waals surface area contributed by atoms with Crippen molar-refractivity contribution >= 4 is 9.39 Å². The third-order valence-corrected chi connectivity index (χ3v) is 2.87. The minimum Gasteiger partial charge on any atom is -0.379 e. The Hall–Kier alpha value is -0.430. The highest BCUT2D eigenvalue weighted by molar-refractivity contribution is 7.13. The SMILES string of the molecule is C=C/C(=C\C=C/C)C1COCC1NP. The first-order valence-corrected chi connectivity index (χ1v) is 5.40. The summed E-state index contributed by atoms with van der Waals surface area (Å²) in [5.74, 6) is 0.418. The predicted molar refractivity (Wildman–Crippen MR) is 64.0 cm³/mol. The second kappa shape index (κ2) is 6.13. The van der Waals surface area contributed by atoms with Crippen LogP contribution in [0.3, 0.4) is 0 Å². The molecule has 3 atom stereocenters.